The number of aromatic nitrogens is 3. The van der Waals surface area contributed by atoms with Gasteiger partial charge >= 0.3 is 0 Å². The summed E-state index contributed by atoms with van der Waals surface area (Å²) in [6.07, 6.45) is 0. The lowest BCUT2D eigenvalue weighted by molar-refractivity contribution is 0.931. The van der Waals surface area contributed by atoms with Crippen LogP contribution >= 0.6 is 0 Å². The van der Waals surface area contributed by atoms with Gasteiger partial charge in [0.1, 0.15) is 5.82 Å². The third-order valence-corrected chi connectivity index (χ3v) is 1.51. The molecule has 1 rings (SSSR count). The molecule has 0 aromatic carbocycles. The van der Waals surface area contributed by atoms with Crippen LogP contribution in [0.2, 0.25) is 0 Å². The quantitative estimate of drug-likeness (QED) is 0.694. The van der Waals surface area contributed by atoms with Gasteiger partial charge in [0, 0.05) is 19.6 Å². The SMILES string of the molecule is CC.CCNc1nc(C)nc(NCCN)n1. The fourth-order valence-corrected chi connectivity index (χ4v) is 0.982. The highest BCUT2D eigenvalue weighted by Crippen LogP contribution is 2.03. The zero-order valence-electron chi connectivity index (χ0n) is 10.5. The van der Waals surface area contributed by atoms with Gasteiger partial charge in [0.2, 0.25) is 11.9 Å². The van der Waals surface area contributed by atoms with Crippen LogP contribution < -0.4 is 16.4 Å². The van der Waals surface area contributed by atoms with Crippen molar-refractivity contribution in [2.24, 2.45) is 5.73 Å². The van der Waals surface area contributed by atoms with Gasteiger partial charge in [-0.1, -0.05) is 13.8 Å². The largest absolute Gasteiger partial charge is 0.354 e. The Labute approximate surface area is 97.1 Å². The number of nitrogens with two attached hydrogens (primary N) is 1. The van der Waals surface area contributed by atoms with E-state index in [2.05, 4.69) is 25.6 Å². The van der Waals surface area contributed by atoms with Crippen molar-refractivity contribution in [2.75, 3.05) is 30.3 Å². The van der Waals surface area contributed by atoms with Gasteiger partial charge in [0.15, 0.2) is 0 Å². The molecule has 0 aliphatic heterocycles. The van der Waals surface area contributed by atoms with Crippen LogP contribution in [0, 0.1) is 6.92 Å². The maximum Gasteiger partial charge on any atom is 0.227 e. The molecule has 0 saturated heterocycles. The molecule has 6 heteroatoms. The lowest BCUT2D eigenvalue weighted by Crippen LogP contribution is -2.16. The van der Waals surface area contributed by atoms with Gasteiger partial charge in [0.25, 0.3) is 0 Å². The van der Waals surface area contributed by atoms with Crippen molar-refractivity contribution in [3.63, 3.8) is 0 Å². The summed E-state index contributed by atoms with van der Waals surface area (Å²) in [5, 5.41) is 6.04. The van der Waals surface area contributed by atoms with Crippen molar-refractivity contribution in [1.82, 2.24) is 15.0 Å². The molecule has 0 aliphatic carbocycles. The Morgan fingerprint density at radius 1 is 1.06 bits per heavy atom. The fraction of sp³-hybridized carbons (Fsp3) is 0.700. The number of hydrogen-bond acceptors (Lipinski definition) is 6. The van der Waals surface area contributed by atoms with Crippen LogP contribution in [0.3, 0.4) is 0 Å². The maximum atomic E-state index is 5.36. The van der Waals surface area contributed by atoms with Crippen LogP contribution in [-0.4, -0.2) is 34.6 Å². The van der Waals surface area contributed by atoms with E-state index >= 15 is 0 Å². The Bertz CT molecular complexity index is 289. The van der Waals surface area contributed by atoms with Crippen LogP contribution in [0.4, 0.5) is 11.9 Å². The van der Waals surface area contributed by atoms with E-state index < -0.39 is 0 Å². The Kier molecular flexibility index (Phi) is 8.05. The van der Waals surface area contributed by atoms with Crippen molar-refractivity contribution < 1.29 is 0 Å². The second kappa shape index (κ2) is 8.84. The average Bonchev–Trinajstić information content (AvgIpc) is 2.29. The molecule has 0 radical (unpaired) electrons. The lowest BCUT2D eigenvalue weighted by Gasteiger charge is -2.06. The minimum atomic E-state index is 0.557. The highest BCUT2D eigenvalue weighted by atomic mass is 15.2. The van der Waals surface area contributed by atoms with E-state index in [0.29, 0.717) is 30.8 Å². The molecule has 0 fully saturated rings. The molecule has 16 heavy (non-hydrogen) atoms. The second-order valence-electron chi connectivity index (χ2n) is 2.78. The average molecular weight is 226 g/mol. The van der Waals surface area contributed by atoms with Crippen molar-refractivity contribution in [3.8, 4) is 0 Å². The van der Waals surface area contributed by atoms with Crippen LogP contribution in [0.15, 0.2) is 0 Å². The molecule has 0 amide bonds. The third-order valence-electron chi connectivity index (χ3n) is 1.51. The van der Waals surface area contributed by atoms with Crippen molar-refractivity contribution in [1.29, 1.82) is 0 Å². The third kappa shape index (κ3) is 5.45. The Balaban J connectivity index is 0.00000106. The lowest BCUT2D eigenvalue weighted by atomic mass is 10.6. The summed E-state index contributed by atoms with van der Waals surface area (Å²) in [6.45, 7) is 9.83. The molecule has 0 spiro atoms. The number of nitrogens with zero attached hydrogens (tertiary/aromatic N) is 3. The Hall–Kier alpha value is -1.43. The molecule has 1 aromatic rings. The molecule has 0 atom stereocenters. The standard InChI is InChI=1S/C8H16N6.C2H6/c1-3-10-7-12-6(2)13-8(14-7)11-5-4-9;1-2/h3-5,9H2,1-2H3,(H2,10,11,12,13,14);1-2H3. The van der Waals surface area contributed by atoms with Gasteiger partial charge in [-0.25, -0.2) is 0 Å². The Morgan fingerprint density at radius 3 is 2.12 bits per heavy atom. The van der Waals surface area contributed by atoms with Gasteiger partial charge in [0.05, 0.1) is 0 Å². The van der Waals surface area contributed by atoms with Crippen LogP contribution in [0.1, 0.15) is 26.6 Å². The molecule has 0 aliphatic rings. The van der Waals surface area contributed by atoms with E-state index in [1.807, 2.05) is 27.7 Å². The predicted octanol–water partition coefficient (Wildman–Crippen LogP) is 1.01. The van der Waals surface area contributed by atoms with E-state index in [1.165, 1.54) is 0 Å². The first-order valence-electron chi connectivity index (χ1n) is 5.66. The van der Waals surface area contributed by atoms with Crippen LogP contribution in [0.5, 0.6) is 0 Å². The molecule has 0 bridgehead atoms. The summed E-state index contributed by atoms with van der Waals surface area (Å²) in [5.74, 6) is 1.86. The van der Waals surface area contributed by atoms with Gasteiger partial charge < -0.3 is 16.4 Å². The smallest absolute Gasteiger partial charge is 0.227 e. The summed E-state index contributed by atoms with van der Waals surface area (Å²) >= 11 is 0. The van der Waals surface area contributed by atoms with E-state index in [4.69, 9.17) is 5.73 Å². The van der Waals surface area contributed by atoms with Crippen molar-refractivity contribution >= 4 is 11.9 Å². The van der Waals surface area contributed by atoms with E-state index in [9.17, 15) is 0 Å². The van der Waals surface area contributed by atoms with Gasteiger partial charge in [-0.3, -0.25) is 0 Å². The molecule has 4 N–H and O–H groups in total. The van der Waals surface area contributed by atoms with Crippen LogP contribution in [-0.2, 0) is 0 Å². The zero-order valence-corrected chi connectivity index (χ0v) is 10.5. The zero-order chi connectivity index (χ0) is 12.4. The molecule has 6 nitrogen and oxygen atoms in total. The summed E-state index contributed by atoms with van der Waals surface area (Å²) in [5.41, 5.74) is 5.36. The van der Waals surface area contributed by atoms with Crippen molar-refractivity contribution in [2.45, 2.75) is 27.7 Å². The molecule has 92 valence electrons. The van der Waals surface area contributed by atoms with Crippen molar-refractivity contribution in [3.05, 3.63) is 5.82 Å². The Morgan fingerprint density at radius 2 is 1.62 bits per heavy atom. The topological polar surface area (TPSA) is 88.8 Å². The maximum absolute atomic E-state index is 5.36. The number of anilines is 2. The fourth-order valence-electron chi connectivity index (χ4n) is 0.982. The normalized spacial score (nSPS) is 9.06. The van der Waals surface area contributed by atoms with E-state index in [0.717, 1.165) is 6.54 Å². The number of aryl methyl sites for hydroxylation is 1. The summed E-state index contributed by atoms with van der Waals surface area (Å²) in [4.78, 5) is 12.4. The van der Waals surface area contributed by atoms with E-state index in [1.54, 1.807) is 0 Å². The van der Waals surface area contributed by atoms with Crippen LogP contribution in [0.25, 0.3) is 0 Å². The summed E-state index contributed by atoms with van der Waals surface area (Å²) in [7, 11) is 0. The molecule has 1 heterocycles. The predicted molar refractivity (Wildman–Crippen MR) is 67.6 cm³/mol. The van der Waals surface area contributed by atoms with Gasteiger partial charge in [-0.05, 0) is 13.8 Å². The minimum Gasteiger partial charge on any atom is -0.354 e. The van der Waals surface area contributed by atoms with E-state index in [-0.39, 0.29) is 0 Å². The second-order valence-corrected chi connectivity index (χ2v) is 2.78. The highest BCUT2D eigenvalue weighted by Gasteiger charge is 2.01. The minimum absolute atomic E-state index is 0.557. The molecular formula is C10H22N6. The summed E-state index contributed by atoms with van der Waals surface area (Å²) in [6, 6.07) is 0. The first-order valence-corrected chi connectivity index (χ1v) is 5.66. The molecule has 0 unspecified atom stereocenters. The first kappa shape index (κ1) is 14.6. The molecular weight excluding hydrogens is 204 g/mol. The number of hydrogen-bond donors (Lipinski definition) is 3. The summed E-state index contributed by atoms with van der Waals surface area (Å²) < 4.78 is 0. The molecule has 1 aromatic heterocycles. The monoisotopic (exact) mass is 226 g/mol. The highest BCUT2D eigenvalue weighted by molar-refractivity contribution is 5.33. The first-order chi connectivity index (χ1) is 7.76. The molecule has 0 saturated carbocycles. The van der Waals surface area contributed by atoms with Gasteiger partial charge in [-0.15, -0.1) is 0 Å². The number of nitrogens with one attached hydrogen (secondary N) is 2. The number of rotatable bonds is 5. The van der Waals surface area contributed by atoms with Gasteiger partial charge in [-0.2, -0.15) is 15.0 Å².